The molecule has 0 aliphatic heterocycles. The highest BCUT2D eigenvalue weighted by atomic mass is 15.2. The summed E-state index contributed by atoms with van der Waals surface area (Å²) >= 11 is 0. The minimum atomic E-state index is 0.559. The first-order valence-corrected chi connectivity index (χ1v) is 12.5. The summed E-state index contributed by atoms with van der Waals surface area (Å²) in [5.74, 6) is 1.33. The Morgan fingerprint density at radius 3 is 2.00 bits per heavy atom. The fraction of sp³-hybridized carbons (Fsp3) is 0. The maximum absolute atomic E-state index is 5.19. The number of aromatic nitrogens is 6. The summed E-state index contributed by atoms with van der Waals surface area (Å²) in [7, 11) is 0. The van der Waals surface area contributed by atoms with Crippen LogP contribution in [0.3, 0.4) is 0 Å². The van der Waals surface area contributed by atoms with Gasteiger partial charge in [0.2, 0.25) is 5.95 Å². The zero-order chi connectivity index (χ0) is 25.1. The molecule has 4 aromatic carbocycles. The van der Waals surface area contributed by atoms with Gasteiger partial charge in [0.1, 0.15) is 11.3 Å². The van der Waals surface area contributed by atoms with Crippen LogP contribution in [0.1, 0.15) is 0 Å². The SMILES string of the molecule is c1ccc(-c2nc(-n3c(-c4ccccc4)nc4ccn5c6ccccc6nc5c43)nc3ccccc23)cc1. The second-order valence-corrected chi connectivity index (χ2v) is 9.24. The van der Waals surface area contributed by atoms with E-state index in [4.69, 9.17) is 19.9 Å². The summed E-state index contributed by atoms with van der Waals surface area (Å²) in [4.78, 5) is 20.4. The smallest absolute Gasteiger partial charge is 0.237 e. The van der Waals surface area contributed by atoms with E-state index >= 15 is 0 Å². The van der Waals surface area contributed by atoms with Crippen LogP contribution >= 0.6 is 0 Å². The highest BCUT2D eigenvalue weighted by molar-refractivity contribution is 5.98. The Labute approximate surface area is 217 Å². The van der Waals surface area contributed by atoms with Crippen molar-refractivity contribution in [3.63, 3.8) is 0 Å². The summed E-state index contributed by atoms with van der Waals surface area (Å²) in [5.41, 5.74) is 8.27. The van der Waals surface area contributed by atoms with Gasteiger partial charge in [-0.15, -0.1) is 0 Å². The largest absolute Gasteiger partial charge is 0.298 e. The average Bonchev–Trinajstić information content (AvgIpc) is 3.56. The molecule has 38 heavy (non-hydrogen) atoms. The van der Waals surface area contributed by atoms with Crippen LogP contribution in [0, 0.1) is 0 Å². The first-order chi connectivity index (χ1) is 18.8. The minimum absolute atomic E-state index is 0.559. The maximum atomic E-state index is 5.19. The lowest BCUT2D eigenvalue weighted by Crippen LogP contribution is -2.06. The quantitative estimate of drug-likeness (QED) is 0.266. The molecule has 8 rings (SSSR count). The molecule has 0 amide bonds. The van der Waals surface area contributed by atoms with E-state index in [9.17, 15) is 0 Å². The number of para-hydroxylation sites is 3. The van der Waals surface area contributed by atoms with E-state index < -0.39 is 0 Å². The van der Waals surface area contributed by atoms with Crippen molar-refractivity contribution in [2.24, 2.45) is 0 Å². The lowest BCUT2D eigenvalue weighted by atomic mass is 10.1. The van der Waals surface area contributed by atoms with E-state index in [-0.39, 0.29) is 0 Å². The van der Waals surface area contributed by atoms with Gasteiger partial charge in [-0.05, 0) is 24.3 Å². The van der Waals surface area contributed by atoms with Gasteiger partial charge in [-0.1, -0.05) is 91.0 Å². The van der Waals surface area contributed by atoms with Gasteiger partial charge >= 0.3 is 0 Å². The fourth-order valence-electron chi connectivity index (χ4n) is 5.23. The van der Waals surface area contributed by atoms with Crippen molar-refractivity contribution in [1.82, 2.24) is 28.9 Å². The molecule has 0 bridgehead atoms. The van der Waals surface area contributed by atoms with Crippen LogP contribution in [-0.4, -0.2) is 28.9 Å². The van der Waals surface area contributed by atoms with Crippen LogP contribution in [0.5, 0.6) is 0 Å². The van der Waals surface area contributed by atoms with Crippen molar-refractivity contribution in [2.45, 2.75) is 0 Å². The van der Waals surface area contributed by atoms with Crippen molar-refractivity contribution >= 4 is 38.6 Å². The number of imidazole rings is 2. The van der Waals surface area contributed by atoms with Crippen molar-refractivity contribution in [3.05, 3.63) is 121 Å². The maximum Gasteiger partial charge on any atom is 0.237 e. The molecule has 0 radical (unpaired) electrons. The molecular formula is C32H20N6. The molecule has 0 saturated heterocycles. The number of rotatable bonds is 3. The van der Waals surface area contributed by atoms with Gasteiger partial charge in [0.15, 0.2) is 5.65 Å². The summed E-state index contributed by atoms with van der Waals surface area (Å²) in [6.07, 6.45) is 2.04. The number of benzene rings is 4. The predicted molar refractivity (Wildman–Crippen MR) is 151 cm³/mol. The molecule has 0 unspecified atom stereocenters. The number of hydrogen-bond acceptors (Lipinski definition) is 4. The third kappa shape index (κ3) is 3.07. The Morgan fingerprint density at radius 1 is 0.500 bits per heavy atom. The van der Waals surface area contributed by atoms with Crippen molar-refractivity contribution in [3.8, 4) is 28.6 Å². The van der Waals surface area contributed by atoms with E-state index in [1.807, 2.05) is 85.1 Å². The van der Waals surface area contributed by atoms with Crippen LogP contribution < -0.4 is 0 Å². The summed E-state index contributed by atoms with van der Waals surface area (Å²) in [6.45, 7) is 0. The van der Waals surface area contributed by atoms with Crippen molar-refractivity contribution in [1.29, 1.82) is 0 Å². The van der Waals surface area contributed by atoms with E-state index in [0.717, 1.165) is 61.3 Å². The fourth-order valence-corrected chi connectivity index (χ4v) is 5.23. The van der Waals surface area contributed by atoms with Gasteiger partial charge < -0.3 is 0 Å². The third-order valence-electron chi connectivity index (χ3n) is 6.96. The van der Waals surface area contributed by atoms with Gasteiger partial charge in [0.05, 0.1) is 27.8 Å². The molecule has 0 aliphatic rings. The van der Waals surface area contributed by atoms with Gasteiger partial charge in [-0.3, -0.25) is 8.97 Å². The molecular weight excluding hydrogens is 468 g/mol. The predicted octanol–water partition coefficient (Wildman–Crippen LogP) is 7.10. The second kappa shape index (κ2) is 8.08. The highest BCUT2D eigenvalue weighted by Crippen LogP contribution is 2.33. The van der Waals surface area contributed by atoms with E-state index in [1.54, 1.807) is 0 Å². The Bertz CT molecular complexity index is 2120. The molecule has 6 heteroatoms. The van der Waals surface area contributed by atoms with Gasteiger partial charge in [0.25, 0.3) is 0 Å². The van der Waals surface area contributed by atoms with E-state index in [0.29, 0.717) is 5.95 Å². The molecule has 0 atom stereocenters. The first kappa shape index (κ1) is 20.8. The van der Waals surface area contributed by atoms with Crippen molar-refractivity contribution in [2.75, 3.05) is 0 Å². The molecule has 0 saturated carbocycles. The number of nitrogens with zero attached hydrogens (tertiary/aromatic N) is 6. The molecule has 8 aromatic rings. The lowest BCUT2D eigenvalue weighted by Gasteiger charge is -2.12. The molecule has 0 spiro atoms. The topological polar surface area (TPSA) is 60.9 Å². The van der Waals surface area contributed by atoms with Crippen LogP contribution in [0.25, 0.3) is 67.2 Å². The van der Waals surface area contributed by atoms with E-state index in [1.165, 1.54) is 0 Å². The number of pyridine rings is 1. The zero-order valence-corrected chi connectivity index (χ0v) is 20.2. The monoisotopic (exact) mass is 488 g/mol. The number of hydrogen-bond donors (Lipinski definition) is 0. The average molecular weight is 489 g/mol. The molecule has 4 heterocycles. The Morgan fingerprint density at radius 2 is 1.18 bits per heavy atom. The van der Waals surface area contributed by atoms with Crippen LogP contribution in [0.4, 0.5) is 0 Å². The Hall–Kier alpha value is -5.36. The van der Waals surface area contributed by atoms with Gasteiger partial charge in [-0.25, -0.2) is 19.9 Å². The Kier molecular flexibility index (Phi) is 4.42. The summed E-state index contributed by atoms with van der Waals surface area (Å²) < 4.78 is 4.18. The molecule has 4 aromatic heterocycles. The highest BCUT2D eigenvalue weighted by Gasteiger charge is 2.22. The third-order valence-corrected chi connectivity index (χ3v) is 6.96. The zero-order valence-electron chi connectivity index (χ0n) is 20.2. The standard InChI is InChI=1S/C32H20N6/c1-3-11-21(12-4-1)28-23-15-7-8-16-24(23)35-32(36-28)38-29-26(34-30(38)22-13-5-2-6-14-22)19-20-37-27-18-10-9-17-25(27)33-31(29)37/h1-20H. The van der Waals surface area contributed by atoms with Crippen LogP contribution in [0.2, 0.25) is 0 Å². The molecule has 6 nitrogen and oxygen atoms in total. The molecule has 0 N–H and O–H groups in total. The van der Waals surface area contributed by atoms with Crippen LogP contribution in [-0.2, 0) is 0 Å². The first-order valence-electron chi connectivity index (χ1n) is 12.5. The van der Waals surface area contributed by atoms with Gasteiger partial charge in [-0.2, -0.15) is 0 Å². The van der Waals surface area contributed by atoms with Crippen molar-refractivity contribution < 1.29 is 0 Å². The number of fused-ring (bicyclic) bond motifs is 6. The Balaban J connectivity index is 1.54. The minimum Gasteiger partial charge on any atom is -0.298 e. The summed E-state index contributed by atoms with van der Waals surface area (Å²) in [5, 5.41) is 1.00. The lowest BCUT2D eigenvalue weighted by molar-refractivity contribution is 0.975. The van der Waals surface area contributed by atoms with E-state index in [2.05, 4.69) is 45.4 Å². The molecule has 0 fully saturated rings. The molecule has 0 aliphatic carbocycles. The van der Waals surface area contributed by atoms with Crippen LogP contribution in [0.15, 0.2) is 121 Å². The summed E-state index contributed by atoms with van der Waals surface area (Å²) in [6, 6.07) is 38.8. The van der Waals surface area contributed by atoms with Gasteiger partial charge in [0, 0.05) is 22.7 Å². The second-order valence-electron chi connectivity index (χ2n) is 9.24. The molecule has 178 valence electrons. The normalized spacial score (nSPS) is 11.7.